The molecule has 0 spiro atoms. The van der Waals surface area contributed by atoms with Gasteiger partial charge in [0.25, 0.3) is 0 Å². The van der Waals surface area contributed by atoms with Crippen LogP contribution in [0.25, 0.3) is 0 Å². The Morgan fingerprint density at radius 1 is 0.690 bits per heavy atom. The lowest BCUT2D eigenvalue weighted by Gasteiger charge is -2.33. The number of carbonyl (C=O) groups is 2. The molecule has 2 aromatic rings. The van der Waals surface area contributed by atoms with Gasteiger partial charge in [-0.1, -0.05) is 24.3 Å². The van der Waals surface area contributed by atoms with Crippen molar-refractivity contribution in [1.29, 1.82) is 0 Å². The van der Waals surface area contributed by atoms with Crippen LogP contribution in [0.2, 0.25) is 0 Å². The monoisotopic (exact) mass is 414 g/mol. The minimum Gasteiger partial charge on any atom is -0.478 e. The van der Waals surface area contributed by atoms with E-state index >= 15 is 0 Å². The van der Waals surface area contributed by atoms with Crippen molar-refractivity contribution >= 4 is 11.9 Å². The maximum Gasteiger partial charge on any atom is 0.335 e. The number of alkyl halides is 4. The molecule has 1 heterocycles. The van der Waals surface area contributed by atoms with Crippen molar-refractivity contribution in [2.75, 3.05) is 13.2 Å². The number of rotatable bonds is 4. The van der Waals surface area contributed by atoms with Crippen molar-refractivity contribution < 1.29 is 46.8 Å². The van der Waals surface area contributed by atoms with Crippen LogP contribution in [-0.4, -0.2) is 47.2 Å². The van der Waals surface area contributed by atoms with Crippen molar-refractivity contribution in [2.45, 2.75) is 17.6 Å². The highest BCUT2D eigenvalue weighted by Crippen LogP contribution is 2.45. The molecule has 10 heteroatoms. The summed E-state index contributed by atoms with van der Waals surface area (Å²) in [5.41, 5.74) is -0.290. The summed E-state index contributed by atoms with van der Waals surface area (Å²) >= 11 is 0. The van der Waals surface area contributed by atoms with Crippen LogP contribution in [0.4, 0.5) is 17.6 Å². The van der Waals surface area contributed by atoms with Gasteiger partial charge in [-0.15, -0.1) is 0 Å². The third-order valence-electron chi connectivity index (χ3n) is 4.47. The van der Waals surface area contributed by atoms with E-state index in [1.165, 1.54) is 24.3 Å². The minimum atomic E-state index is -4.52. The number of halogens is 4. The van der Waals surface area contributed by atoms with E-state index in [-0.39, 0.29) is 22.3 Å². The van der Waals surface area contributed by atoms with Crippen LogP contribution in [0.1, 0.15) is 31.8 Å². The molecular formula is C19H14F4O6. The molecule has 0 aliphatic carbocycles. The molecule has 0 saturated carbocycles. The minimum absolute atomic E-state index is 0.0147. The van der Waals surface area contributed by atoms with Crippen molar-refractivity contribution in [3.05, 3.63) is 70.8 Å². The Morgan fingerprint density at radius 3 is 1.28 bits per heavy atom. The lowest BCUT2D eigenvalue weighted by Crippen LogP contribution is -2.45. The zero-order valence-corrected chi connectivity index (χ0v) is 14.6. The van der Waals surface area contributed by atoms with Crippen molar-refractivity contribution in [3.63, 3.8) is 0 Å². The lowest BCUT2D eigenvalue weighted by atomic mass is 9.95. The molecule has 154 valence electrons. The topological polar surface area (TPSA) is 93.1 Å². The molecule has 0 atom stereocenters. The number of carboxylic acid groups (broad SMARTS) is 2. The van der Waals surface area contributed by atoms with Crippen LogP contribution in [-0.2, 0) is 15.3 Å². The second kappa shape index (κ2) is 7.12. The standard InChI is InChI=1S/C19H14F4O6/c20-17(21)9-28-19(29-10-18(17,22)23,13-5-1-11(2-6-13)15(24)25)14-7-3-12(4-8-14)16(26)27/h1-8H,9-10H2,(H,24,25)(H,26,27). The summed E-state index contributed by atoms with van der Waals surface area (Å²) in [5.74, 6) is -13.8. The first kappa shape index (κ1) is 20.7. The van der Waals surface area contributed by atoms with Crippen LogP contribution < -0.4 is 0 Å². The molecule has 2 aromatic carbocycles. The van der Waals surface area contributed by atoms with Crippen molar-refractivity contribution in [1.82, 2.24) is 0 Å². The Hall–Kier alpha value is -2.98. The summed E-state index contributed by atoms with van der Waals surface area (Å²) in [4.78, 5) is 22.1. The SMILES string of the molecule is O=C(O)c1ccc(C2(c3ccc(C(=O)O)cc3)OCC(F)(F)C(F)(F)CO2)cc1. The molecule has 1 fully saturated rings. The largest absolute Gasteiger partial charge is 0.478 e. The Morgan fingerprint density at radius 2 is 1.00 bits per heavy atom. The van der Waals surface area contributed by atoms with Gasteiger partial charge in [0.2, 0.25) is 5.79 Å². The second-order valence-corrected chi connectivity index (χ2v) is 6.37. The van der Waals surface area contributed by atoms with Gasteiger partial charge < -0.3 is 19.7 Å². The Bertz CT molecular complexity index is 847. The maximum absolute atomic E-state index is 13.8. The Balaban J connectivity index is 2.13. The highest BCUT2D eigenvalue weighted by Gasteiger charge is 2.61. The third kappa shape index (κ3) is 3.68. The summed E-state index contributed by atoms with van der Waals surface area (Å²) < 4.78 is 65.7. The van der Waals surface area contributed by atoms with Crippen molar-refractivity contribution in [3.8, 4) is 0 Å². The molecule has 0 radical (unpaired) electrons. The molecule has 0 amide bonds. The highest BCUT2D eigenvalue weighted by molar-refractivity contribution is 5.88. The fourth-order valence-electron chi connectivity index (χ4n) is 2.80. The average Bonchev–Trinajstić information content (AvgIpc) is 2.77. The molecule has 1 aliphatic heterocycles. The van der Waals surface area contributed by atoms with E-state index in [0.717, 1.165) is 24.3 Å². The molecular weight excluding hydrogens is 400 g/mol. The zero-order chi connectivity index (χ0) is 21.4. The maximum atomic E-state index is 13.8. The number of aromatic carboxylic acids is 2. The molecule has 1 saturated heterocycles. The summed E-state index contributed by atoms with van der Waals surface area (Å²) in [6, 6.07) is 9.31. The van der Waals surface area contributed by atoms with Crippen LogP contribution in [0.5, 0.6) is 0 Å². The molecule has 1 aliphatic rings. The second-order valence-electron chi connectivity index (χ2n) is 6.37. The average molecular weight is 414 g/mol. The molecule has 0 unspecified atom stereocenters. The summed E-state index contributed by atoms with van der Waals surface area (Å²) in [6.45, 7) is -3.36. The molecule has 3 rings (SSSR count). The zero-order valence-electron chi connectivity index (χ0n) is 14.6. The molecule has 0 aromatic heterocycles. The first-order valence-electron chi connectivity index (χ1n) is 8.20. The predicted molar refractivity (Wildman–Crippen MR) is 89.4 cm³/mol. The smallest absolute Gasteiger partial charge is 0.335 e. The fraction of sp³-hybridized carbons (Fsp3) is 0.263. The Kier molecular flexibility index (Phi) is 5.10. The van der Waals surface area contributed by atoms with Crippen LogP contribution in [0.3, 0.4) is 0 Å². The van der Waals surface area contributed by atoms with Gasteiger partial charge in [0.15, 0.2) is 0 Å². The quantitative estimate of drug-likeness (QED) is 0.743. The van der Waals surface area contributed by atoms with Gasteiger partial charge in [0.05, 0.1) is 11.1 Å². The number of ether oxygens (including phenoxy) is 2. The first-order valence-corrected chi connectivity index (χ1v) is 8.20. The molecule has 2 N–H and O–H groups in total. The van der Waals surface area contributed by atoms with Gasteiger partial charge in [0.1, 0.15) is 13.2 Å². The van der Waals surface area contributed by atoms with Crippen LogP contribution in [0.15, 0.2) is 48.5 Å². The number of hydrogen-bond donors (Lipinski definition) is 2. The van der Waals surface area contributed by atoms with Gasteiger partial charge in [-0.2, -0.15) is 17.6 Å². The summed E-state index contributed by atoms with van der Waals surface area (Å²) in [7, 11) is 0. The molecule has 6 nitrogen and oxygen atoms in total. The Labute approximate surface area is 161 Å². The van der Waals surface area contributed by atoms with Gasteiger partial charge in [0, 0.05) is 11.1 Å². The fourth-order valence-corrected chi connectivity index (χ4v) is 2.80. The van der Waals surface area contributed by atoms with Crippen LogP contribution in [0, 0.1) is 0 Å². The predicted octanol–water partition coefficient (Wildman–Crippen LogP) is 3.60. The van der Waals surface area contributed by atoms with E-state index in [2.05, 4.69) is 0 Å². The van der Waals surface area contributed by atoms with Gasteiger partial charge in [-0.25, -0.2) is 9.59 Å². The summed E-state index contributed by atoms with van der Waals surface area (Å²) in [5, 5.41) is 18.0. The molecule has 0 bridgehead atoms. The third-order valence-corrected chi connectivity index (χ3v) is 4.47. The highest BCUT2D eigenvalue weighted by atomic mass is 19.3. The van der Waals surface area contributed by atoms with E-state index in [9.17, 15) is 27.2 Å². The van der Waals surface area contributed by atoms with E-state index < -0.39 is 42.8 Å². The summed E-state index contributed by atoms with van der Waals surface area (Å²) in [6.07, 6.45) is 0. The van der Waals surface area contributed by atoms with Crippen molar-refractivity contribution in [2.24, 2.45) is 0 Å². The normalized spacial score (nSPS) is 19.9. The van der Waals surface area contributed by atoms with Gasteiger partial charge in [-0.05, 0) is 24.3 Å². The number of carboxylic acids is 2. The number of benzene rings is 2. The number of hydrogen-bond acceptors (Lipinski definition) is 4. The van der Waals surface area contributed by atoms with Gasteiger partial charge >= 0.3 is 23.8 Å². The van der Waals surface area contributed by atoms with E-state index in [0.29, 0.717) is 0 Å². The van der Waals surface area contributed by atoms with Gasteiger partial charge in [-0.3, -0.25) is 0 Å². The molecule has 29 heavy (non-hydrogen) atoms. The van der Waals surface area contributed by atoms with E-state index in [4.69, 9.17) is 19.7 Å². The van der Waals surface area contributed by atoms with Crippen LogP contribution >= 0.6 is 0 Å². The van der Waals surface area contributed by atoms with E-state index in [1.807, 2.05) is 0 Å². The van der Waals surface area contributed by atoms with E-state index in [1.54, 1.807) is 0 Å². The first-order chi connectivity index (χ1) is 13.5. The lowest BCUT2D eigenvalue weighted by molar-refractivity contribution is -0.222.